The normalized spacial score (nSPS) is 54.7. The third kappa shape index (κ3) is 3.33. The van der Waals surface area contributed by atoms with Gasteiger partial charge in [-0.3, -0.25) is 4.79 Å². The molecular weight excluding hydrogens is 570 g/mol. The number of carbonyl (C=O) groups excluding carboxylic acids is 1. The van der Waals surface area contributed by atoms with Gasteiger partial charge in [-0.25, -0.2) is 0 Å². The van der Waals surface area contributed by atoms with E-state index in [4.69, 9.17) is 4.42 Å². The van der Waals surface area contributed by atoms with Gasteiger partial charge in [0.05, 0.1) is 11.5 Å². The number of carbonyl (C=O) groups is 1. The number of aliphatic hydroxyl groups excluding tert-OH is 1. The molecule has 1 amide bonds. The standard InChI is InChI=1S/C40H61N3O3/c1-22(2)25-13-16-39(33(45)41-29-21-27(34(29,5)6)32-43-42-24(4)46-32)19-17-35(7)26(31(25)39)11-12-28-36(35,8)18-20-40-23(3)38(40,10)30(44)14-15-37(28,40)9/h23,25-31,44H,1,11-21H2,2-10H3,(H,41,45)/t23?,25-,26+,27+,28-,29+,30-,31+,35+,36+,37+,38?,39-,40-/m0/s1. The first-order valence-corrected chi connectivity index (χ1v) is 18.9. The van der Waals surface area contributed by atoms with Crippen LogP contribution >= 0.6 is 0 Å². The molecule has 2 N–H and O–H groups in total. The van der Waals surface area contributed by atoms with E-state index >= 15 is 0 Å². The molecule has 6 nitrogen and oxygen atoms in total. The van der Waals surface area contributed by atoms with Gasteiger partial charge in [-0.2, -0.15) is 0 Å². The van der Waals surface area contributed by atoms with Crippen LogP contribution in [0.5, 0.6) is 0 Å². The number of hydrogen-bond acceptors (Lipinski definition) is 5. The summed E-state index contributed by atoms with van der Waals surface area (Å²) < 4.78 is 5.83. The van der Waals surface area contributed by atoms with Gasteiger partial charge in [0, 0.05) is 24.3 Å². The molecule has 0 aliphatic heterocycles. The lowest BCUT2D eigenvalue weighted by Crippen LogP contribution is -2.67. The lowest BCUT2D eigenvalue weighted by atomic mass is 9.32. The van der Waals surface area contributed by atoms with Crippen molar-refractivity contribution in [1.82, 2.24) is 15.5 Å². The number of hydrogen-bond donors (Lipinski definition) is 2. The summed E-state index contributed by atoms with van der Waals surface area (Å²) in [5.41, 5.74) is 1.93. The van der Waals surface area contributed by atoms with Crippen molar-refractivity contribution in [1.29, 1.82) is 0 Å². The van der Waals surface area contributed by atoms with Crippen molar-refractivity contribution in [2.75, 3.05) is 0 Å². The molecule has 6 heteroatoms. The fourth-order valence-corrected chi connectivity index (χ4v) is 15.5. The molecule has 0 aromatic carbocycles. The zero-order valence-corrected chi connectivity index (χ0v) is 30.3. The molecule has 1 spiro atoms. The second-order valence-electron chi connectivity index (χ2n) is 19.5. The molecule has 0 radical (unpaired) electrons. The van der Waals surface area contributed by atoms with Crippen LogP contribution in [0.4, 0.5) is 0 Å². The van der Waals surface area contributed by atoms with E-state index in [1.54, 1.807) is 0 Å². The van der Waals surface area contributed by atoms with E-state index in [0.717, 1.165) is 38.5 Å². The lowest BCUT2D eigenvalue weighted by Gasteiger charge is -2.72. The van der Waals surface area contributed by atoms with Crippen LogP contribution in [-0.2, 0) is 4.79 Å². The van der Waals surface area contributed by atoms with Gasteiger partial charge in [0.25, 0.3) is 0 Å². The minimum atomic E-state index is -0.308. The predicted octanol–water partition coefficient (Wildman–Crippen LogP) is 8.39. The Bertz CT molecular complexity index is 1480. The van der Waals surface area contributed by atoms with Gasteiger partial charge in [0.15, 0.2) is 0 Å². The highest BCUT2D eigenvalue weighted by atomic mass is 16.4. The Labute approximate surface area is 277 Å². The molecule has 254 valence electrons. The number of aliphatic hydroxyl groups is 1. The highest BCUT2D eigenvalue weighted by Crippen LogP contribution is 2.89. The number of nitrogens with one attached hydrogen (secondary N) is 1. The van der Waals surface area contributed by atoms with E-state index in [1.165, 1.54) is 37.7 Å². The van der Waals surface area contributed by atoms with E-state index in [9.17, 15) is 9.90 Å². The average molecular weight is 632 g/mol. The number of aryl methyl sites for hydroxylation is 1. The van der Waals surface area contributed by atoms with E-state index in [2.05, 4.69) is 77.5 Å². The van der Waals surface area contributed by atoms with Gasteiger partial charge < -0.3 is 14.8 Å². The minimum absolute atomic E-state index is 0.0754. The summed E-state index contributed by atoms with van der Waals surface area (Å²) in [7, 11) is 0. The number of fused-ring (bicyclic) bond motifs is 6. The van der Waals surface area contributed by atoms with Crippen LogP contribution in [-0.4, -0.2) is 33.4 Å². The number of nitrogens with zero attached hydrogens (tertiary/aromatic N) is 2. The average Bonchev–Trinajstić information content (AvgIpc) is 3.34. The third-order valence-electron chi connectivity index (χ3n) is 18.6. The largest absolute Gasteiger partial charge is 0.425 e. The molecule has 1 heterocycles. The van der Waals surface area contributed by atoms with Gasteiger partial charge in [0.1, 0.15) is 0 Å². The summed E-state index contributed by atoms with van der Waals surface area (Å²) in [4.78, 5) is 14.8. The van der Waals surface area contributed by atoms with Crippen LogP contribution in [0.3, 0.4) is 0 Å². The van der Waals surface area contributed by atoms with Crippen LogP contribution in [0.1, 0.15) is 144 Å². The Morgan fingerprint density at radius 2 is 1.63 bits per heavy atom. The van der Waals surface area contributed by atoms with E-state index in [0.29, 0.717) is 47.3 Å². The topological polar surface area (TPSA) is 88.3 Å². The maximum atomic E-state index is 14.8. The first-order chi connectivity index (χ1) is 21.5. The smallest absolute Gasteiger partial charge is 0.226 e. The summed E-state index contributed by atoms with van der Waals surface area (Å²) in [6, 6.07) is 0.114. The van der Waals surface area contributed by atoms with Gasteiger partial charge in [-0.05, 0) is 134 Å². The molecule has 7 aliphatic carbocycles. The maximum Gasteiger partial charge on any atom is 0.226 e. The number of allylic oxidation sites excluding steroid dienone is 1. The van der Waals surface area contributed by atoms with E-state index in [1.807, 2.05) is 6.92 Å². The second kappa shape index (κ2) is 9.30. The Morgan fingerprint density at radius 3 is 2.28 bits per heavy atom. The van der Waals surface area contributed by atoms with Crippen molar-refractivity contribution in [2.45, 2.75) is 151 Å². The Hall–Kier alpha value is -1.69. The number of aromatic nitrogens is 2. The molecule has 7 saturated carbocycles. The van der Waals surface area contributed by atoms with Crippen molar-refractivity contribution in [2.24, 2.45) is 67.5 Å². The van der Waals surface area contributed by atoms with Gasteiger partial charge in [-0.1, -0.05) is 60.6 Å². The molecule has 1 aromatic heterocycles. The van der Waals surface area contributed by atoms with Crippen molar-refractivity contribution < 1.29 is 14.3 Å². The Balaban J connectivity index is 1.10. The molecule has 14 atom stereocenters. The highest BCUT2D eigenvalue weighted by Gasteiger charge is 2.85. The van der Waals surface area contributed by atoms with Crippen molar-refractivity contribution >= 4 is 5.91 Å². The molecule has 0 saturated heterocycles. The molecule has 0 bridgehead atoms. The highest BCUT2D eigenvalue weighted by molar-refractivity contribution is 5.84. The summed E-state index contributed by atoms with van der Waals surface area (Å²) in [5.74, 6) is 4.40. The lowest BCUT2D eigenvalue weighted by molar-refractivity contribution is -0.238. The fraction of sp³-hybridized carbons (Fsp3) is 0.875. The maximum absolute atomic E-state index is 14.8. The monoisotopic (exact) mass is 631 g/mol. The first kappa shape index (κ1) is 31.6. The van der Waals surface area contributed by atoms with Gasteiger partial charge in [0.2, 0.25) is 17.7 Å². The minimum Gasteiger partial charge on any atom is -0.425 e. The summed E-state index contributed by atoms with van der Waals surface area (Å²) >= 11 is 0. The molecule has 7 fully saturated rings. The van der Waals surface area contributed by atoms with Crippen molar-refractivity contribution in [3.05, 3.63) is 23.9 Å². The van der Waals surface area contributed by atoms with E-state index < -0.39 is 0 Å². The van der Waals surface area contributed by atoms with Gasteiger partial charge >= 0.3 is 0 Å². The summed E-state index contributed by atoms with van der Waals surface area (Å²) in [5, 5.41) is 23.4. The zero-order valence-electron chi connectivity index (χ0n) is 30.3. The Morgan fingerprint density at radius 1 is 0.913 bits per heavy atom. The Kier molecular flexibility index (Phi) is 6.38. The number of rotatable bonds is 4. The first-order valence-electron chi connectivity index (χ1n) is 18.9. The predicted molar refractivity (Wildman–Crippen MR) is 180 cm³/mol. The fourth-order valence-electron chi connectivity index (χ4n) is 15.5. The molecule has 46 heavy (non-hydrogen) atoms. The van der Waals surface area contributed by atoms with Crippen LogP contribution in [0.15, 0.2) is 16.6 Å². The molecular formula is C40H61N3O3. The molecule has 8 rings (SSSR count). The second-order valence-corrected chi connectivity index (χ2v) is 19.5. The molecule has 2 unspecified atom stereocenters. The zero-order chi connectivity index (χ0) is 33.0. The van der Waals surface area contributed by atoms with Crippen LogP contribution in [0.2, 0.25) is 0 Å². The van der Waals surface area contributed by atoms with Crippen molar-refractivity contribution in [3.8, 4) is 0 Å². The van der Waals surface area contributed by atoms with Crippen LogP contribution < -0.4 is 5.32 Å². The van der Waals surface area contributed by atoms with Crippen LogP contribution in [0, 0.1) is 74.4 Å². The van der Waals surface area contributed by atoms with Crippen molar-refractivity contribution in [3.63, 3.8) is 0 Å². The SMILES string of the molecule is C=C(C)[C@@H]1CC[C@]2(C(=O)N[C@@H]3C[C@H](c4nnc(C)o4)C3(C)C)CC[C@]3(C)[C@H](CC[C@H]4[C@@]3(C)CC[C@@]35C(C)C3(C)[C@@H](O)CC[C@]45C)[C@@H]12. The van der Waals surface area contributed by atoms with E-state index in [-0.39, 0.29) is 56.0 Å². The van der Waals surface area contributed by atoms with Gasteiger partial charge in [-0.15, -0.1) is 10.2 Å². The summed E-state index contributed by atoms with van der Waals surface area (Å²) in [6.07, 6.45) is 12.1. The summed E-state index contributed by atoms with van der Waals surface area (Å²) in [6.45, 7) is 26.0. The quantitative estimate of drug-likeness (QED) is 0.326. The molecule has 1 aromatic rings. The van der Waals surface area contributed by atoms with Crippen LogP contribution in [0.25, 0.3) is 0 Å². The molecule has 7 aliphatic rings. The number of amides is 1. The third-order valence-corrected chi connectivity index (χ3v) is 18.6.